The van der Waals surface area contributed by atoms with E-state index in [2.05, 4.69) is 10.0 Å². The lowest BCUT2D eigenvalue weighted by atomic mass is 9.96. The van der Waals surface area contributed by atoms with Gasteiger partial charge < -0.3 is 34.4 Å². The summed E-state index contributed by atoms with van der Waals surface area (Å²) in [5, 5.41) is 13.4. The summed E-state index contributed by atoms with van der Waals surface area (Å²) < 4.78 is 46.9. The lowest BCUT2D eigenvalue weighted by molar-refractivity contribution is -0.0123. The number of benzene rings is 2. The van der Waals surface area contributed by atoms with Crippen LogP contribution in [0.2, 0.25) is 0 Å². The zero-order valence-electron chi connectivity index (χ0n) is 29.5. The number of amides is 3. The maximum absolute atomic E-state index is 14.4. The van der Waals surface area contributed by atoms with Gasteiger partial charge in [-0.3, -0.25) is 9.52 Å². The van der Waals surface area contributed by atoms with E-state index in [0.29, 0.717) is 31.1 Å². The van der Waals surface area contributed by atoms with Gasteiger partial charge in [-0.2, -0.15) is 0 Å². The van der Waals surface area contributed by atoms with Crippen LogP contribution in [0.5, 0.6) is 11.5 Å². The first kappa shape index (κ1) is 38.3. The highest BCUT2D eigenvalue weighted by molar-refractivity contribution is 7.92. The van der Waals surface area contributed by atoms with Gasteiger partial charge in [0.1, 0.15) is 11.5 Å². The number of fused-ring (bicyclic) bond motifs is 1. The topological polar surface area (TPSA) is 147 Å². The molecular weight excluding hydrogens is 648 g/mol. The summed E-state index contributed by atoms with van der Waals surface area (Å²) >= 11 is 0. The van der Waals surface area contributed by atoms with Gasteiger partial charge in [0.2, 0.25) is 0 Å². The molecule has 12 nitrogen and oxygen atoms in total. The number of rotatable bonds is 9. The van der Waals surface area contributed by atoms with Crippen LogP contribution in [0, 0.1) is 5.92 Å². The van der Waals surface area contributed by atoms with E-state index >= 15 is 0 Å². The Labute approximate surface area is 291 Å². The highest BCUT2D eigenvalue weighted by atomic mass is 32.2. The normalized spacial score (nSPS) is 22.2. The second-order valence-electron chi connectivity index (χ2n) is 13.5. The molecule has 4 rings (SSSR count). The van der Waals surface area contributed by atoms with Gasteiger partial charge in [-0.05, 0) is 88.4 Å². The van der Waals surface area contributed by atoms with Gasteiger partial charge in [0, 0.05) is 44.4 Å². The van der Waals surface area contributed by atoms with E-state index in [9.17, 15) is 23.1 Å². The zero-order valence-corrected chi connectivity index (χ0v) is 30.3. The second-order valence-corrected chi connectivity index (χ2v) is 15.1. The molecule has 0 unspecified atom stereocenters. The number of ether oxygens (including phenoxy) is 3. The highest BCUT2D eigenvalue weighted by Crippen LogP contribution is 2.30. The molecule has 3 N–H and O–H groups in total. The number of sulfonamides is 1. The Hall–Kier alpha value is -3.55. The molecule has 2 aromatic carbocycles. The Morgan fingerprint density at radius 1 is 1.06 bits per heavy atom. The Balaban J connectivity index is 1.61. The van der Waals surface area contributed by atoms with Gasteiger partial charge in [-0.1, -0.05) is 26.2 Å². The van der Waals surface area contributed by atoms with Crippen molar-refractivity contribution < 1.29 is 37.3 Å². The molecule has 1 heterocycles. The Morgan fingerprint density at radius 3 is 2.43 bits per heavy atom. The van der Waals surface area contributed by atoms with Crippen LogP contribution >= 0.6 is 0 Å². The van der Waals surface area contributed by atoms with E-state index in [1.165, 1.54) is 31.7 Å². The first-order valence-electron chi connectivity index (χ1n) is 17.4. The van der Waals surface area contributed by atoms with Gasteiger partial charge >= 0.3 is 6.03 Å². The Kier molecular flexibility index (Phi) is 14.0. The van der Waals surface area contributed by atoms with Crippen molar-refractivity contribution >= 4 is 27.6 Å². The number of carbonyl (C=O) groups is 2. The summed E-state index contributed by atoms with van der Waals surface area (Å²) in [5.41, 5.74) is 0.365. The van der Waals surface area contributed by atoms with Crippen LogP contribution in [0.15, 0.2) is 47.4 Å². The van der Waals surface area contributed by atoms with Crippen LogP contribution in [-0.2, 0) is 14.8 Å². The third-order valence-electron chi connectivity index (χ3n) is 9.41. The molecule has 1 aliphatic heterocycles. The molecule has 0 aromatic heterocycles. The number of nitrogens with one attached hydrogen (secondary N) is 2. The van der Waals surface area contributed by atoms with Crippen LogP contribution in [0.25, 0.3) is 0 Å². The largest absolute Gasteiger partial charge is 0.497 e. The van der Waals surface area contributed by atoms with Gasteiger partial charge in [-0.15, -0.1) is 0 Å². The standard InChI is InChI=1S/C36H54N4O8S/c1-25-22-40(26(2)24-41)35(42)32-21-29(38-49(44,45)31-17-15-30(46-5)16-18-31)14-19-33(32)48-27(3)11-9-10-20-47-34(25)23-39(4)36(43)37-28-12-7-6-8-13-28/h14-19,21,25-28,34,38,41H,6-13,20,22-24H2,1-5H3,(H,37,43)/t25-,26-,27-,34-/m0/s1. The third-order valence-corrected chi connectivity index (χ3v) is 10.8. The number of anilines is 1. The number of hydrogen-bond donors (Lipinski definition) is 3. The van der Waals surface area contributed by atoms with Crippen molar-refractivity contribution in [1.82, 2.24) is 15.1 Å². The van der Waals surface area contributed by atoms with Crippen LogP contribution in [0.3, 0.4) is 0 Å². The monoisotopic (exact) mass is 702 g/mol. The summed E-state index contributed by atoms with van der Waals surface area (Å²) in [6.07, 6.45) is 7.14. The Morgan fingerprint density at radius 2 is 1.76 bits per heavy atom. The van der Waals surface area contributed by atoms with Crippen LogP contribution in [-0.4, -0.2) is 100 Å². The molecule has 0 saturated heterocycles. The number of nitrogens with zero attached hydrogens (tertiary/aromatic N) is 2. The predicted molar refractivity (Wildman–Crippen MR) is 189 cm³/mol. The van der Waals surface area contributed by atoms with Gasteiger partial charge in [0.25, 0.3) is 15.9 Å². The first-order valence-corrected chi connectivity index (χ1v) is 18.9. The fraction of sp³-hybridized carbons (Fsp3) is 0.611. The average Bonchev–Trinajstić information content (AvgIpc) is 3.09. The van der Waals surface area contributed by atoms with Crippen LogP contribution < -0.4 is 19.5 Å². The molecule has 0 spiro atoms. The second kappa shape index (κ2) is 17.9. The molecule has 1 fully saturated rings. The SMILES string of the molecule is COc1ccc(S(=O)(=O)Nc2ccc3c(c2)C(=O)N([C@@H](C)CO)C[C@H](C)[C@H](CN(C)C(=O)NC2CCCCC2)OCCCC[C@H](C)O3)cc1. The van der Waals surface area contributed by atoms with Crippen molar-refractivity contribution in [3.05, 3.63) is 48.0 Å². The highest BCUT2D eigenvalue weighted by Gasteiger charge is 2.31. The molecule has 272 valence electrons. The van der Waals surface area contributed by atoms with Crippen LogP contribution in [0.1, 0.15) is 82.5 Å². The van der Waals surface area contributed by atoms with E-state index in [1.807, 2.05) is 13.8 Å². The fourth-order valence-electron chi connectivity index (χ4n) is 6.30. The molecule has 1 saturated carbocycles. The zero-order chi connectivity index (χ0) is 35.6. The molecule has 2 aliphatic rings. The number of likely N-dealkylation sites (N-methyl/N-ethyl adjacent to an activating group) is 1. The summed E-state index contributed by atoms with van der Waals surface area (Å²) in [6, 6.07) is 10.1. The number of aliphatic hydroxyl groups excluding tert-OH is 1. The van der Waals surface area contributed by atoms with Crippen molar-refractivity contribution in [2.24, 2.45) is 5.92 Å². The summed E-state index contributed by atoms with van der Waals surface area (Å²) in [7, 11) is -0.718. The maximum atomic E-state index is 14.4. The average molecular weight is 703 g/mol. The minimum atomic E-state index is -3.99. The van der Waals surface area contributed by atoms with E-state index < -0.39 is 22.0 Å². The van der Waals surface area contributed by atoms with Crippen molar-refractivity contribution in [1.29, 1.82) is 0 Å². The third kappa shape index (κ3) is 10.7. The molecule has 49 heavy (non-hydrogen) atoms. The maximum Gasteiger partial charge on any atom is 0.317 e. The summed E-state index contributed by atoms with van der Waals surface area (Å²) in [5.74, 6) is 0.222. The number of urea groups is 1. The smallest absolute Gasteiger partial charge is 0.317 e. The fourth-order valence-corrected chi connectivity index (χ4v) is 7.35. The van der Waals surface area contributed by atoms with Crippen molar-refractivity contribution in [3.8, 4) is 11.5 Å². The minimum Gasteiger partial charge on any atom is -0.497 e. The summed E-state index contributed by atoms with van der Waals surface area (Å²) in [6.45, 7) is 6.43. The minimum absolute atomic E-state index is 0.0392. The number of aliphatic hydroxyl groups is 1. The van der Waals surface area contributed by atoms with Gasteiger partial charge in [-0.25, -0.2) is 13.2 Å². The number of methoxy groups -OCH3 is 1. The van der Waals surface area contributed by atoms with E-state index in [1.54, 1.807) is 48.0 Å². The van der Waals surface area contributed by atoms with E-state index in [0.717, 1.165) is 38.5 Å². The van der Waals surface area contributed by atoms with Gasteiger partial charge in [0.15, 0.2) is 0 Å². The molecule has 4 atom stereocenters. The molecule has 3 amide bonds. The number of hydrogen-bond acceptors (Lipinski definition) is 8. The lowest BCUT2D eigenvalue weighted by Crippen LogP contribution is -2.50. The molecular formula is C36H54N4O8S. The molecule has 2 aromatic rings. The lowest BCUT2D eigenvalue weighted by Gasteiger charge is -2.36. The molecule has 0 radical (unpaired) electrons. The van der Waals surface area contributed by atoms with Crippen molar-refractivity contribution in [2.75, 3.05) is 45.2 Å². The van der Waals surface area contributed by atoms with Gasteiger partial charge in [0.05, 0.1) is 42.4 Å². The summed E-state index contributed by atoms with van der Waals surface area (Å²) in [4.78, 5) is 30.8. The molecule has 1 aliphatic carbocycles. The van der Waals surface area contributed by atoms with E-state index in [4.69, 9.17) is 14.2 Å². The van der Waals surface area contributed by atoms with E-state index in [-0.39, 0.29) is 59.5 Å². The predicted octanol–water partition coefficient (Wildman–Crippen LogP) is 5.27. The first-order chi connectivity index (χ1) is 23.4. The molecule has 0 bridgehead atoms. The van der Waals surface area contributed by atoms with Crippen LogP contribution in [0.4, 0.5) is 10.5 Å². The Bertz CT molecular complexity index is 1480. The molecule has 13 heteroatoms. The van der Waals surface area contributed by atoms with Crippen molar-refractivity contribution in [3.63, 3.8) is 0 Å². The number of carbonyl (C=O) groups excluding carboxylic acids is 2. The van der Waals surface area contributed by atoms with Crippen molar-refractivity contribution in [2.45, 2.75) is 101 Å². The quantitative estimate of drug-likeness (QED) is 0.321.